The van der Waals surface area contributed by atoms with E-state index in [0.29, 0.717) is 23.0 Å². The van der Waals surface area contributed by atoms with Crippen molar-refractivity contribution in [3.05, 3.63) is 69.6 Å². The van der Waals surface area contributed by atoms with Crippen LogP contribution in [0.2, 0.25) is 5.02 Å². The fourth-order valence-electron chi connectivity index (χ4n) is 3.91. The topological polar surface area (TPSA) is 48.3 Å². The molecule has 0 spiro atoms. The Labute approximate surface area is 205 Å². The third kappa shape index (κ3) is 5.50. The Morgan fingerprint density at radius 1 is 1.03 bits per heavy atom. The monoisotopic (exact) mass is 537 g/mol. The van der Waals surface area contributed by atoms with Crippen molar-refractivity contribution in [1.29, 1.82) is 0 Å². The van der Waals surface area contributed by atoms with Gasteiger partial charge in [0.1, 0.15) is 5.82 Å². The van der Waals surface area contributed by atoms with Crippen LogP contribution in [-0.2, 0) is 17.5 Å². The minimum absolute atomic E-state index is 0.00238. The van der Waals surface area contributed by atoms with Crippen molar-refractivity contribution >= 4 is 34.3 Å². The first-order valence-corrected chi connectivity index (χ1v) is 11.0. The lowest BCUT2D eigenvalue weighted by molar-refractivity contribution is -0.151. The summed E-state index contributed by atoms with van der Waals surface area (Å²) in [7, 11) is 0. The van der Waals surface area contributed by atoms with Crippen LogP contribution in [0.4, 0.5) is 30.7 Å². The quantitative estimate of drug-likeness (QED) is 0.177. The second-order valence-electron chi connectivity index (χ2n) is 7.84. The second kappa shape index (κ2) is 10.1. The van der Waals surface area contributed by atoms with Crippen molar-refractivity contribution < 1.29 is 45.1 Å². The predicted octanol–water partition coefficient (Wildman–Crippen LogP) is 7.57. The van der Waals surface area contributed by atoms with Crippen molar-refractivity contribution in [2.24, 2.45) is 0 Å². The number of hydrogen-bond acceptors (Lipinski definition) is 3. The van der Waals surface area contributed by atoms with E-state index in [1.807, 2.05) is 0 Å². The molecule has 0 bridgehead atoms. The lowest BCUT2D eigenvalue weighted by Gasteiger charge is -2.21. The van der Waals surface area contributed by atoms with Gasteiger partial charge in [-0.25, -0.2) is 9.18 Å². The fourth-order valence-corrected chi connectivity index (χ4v) is 4.15. The van der Waals surface area contributed by atoms with Gasteiger partial charge < -0.3 is 9.30 Å². The van der Waals surface area contributed by atoms with Crippen LogP contribution < -0.4 is 0 Å². The highest BCUT2D eigenvalue weighted by atomic mass is 35.5. The molecule has 3 rings (SSSR count). The molecule has 0 saturated carbocycles. The van der Waals surface area contributed by atoms with Crippen LogP contribution in [0.1, 0.15) is 58.2 Å². The zero-order valence-electron chi connectivity index (χ0n) is 18.9. The number of nitrogens with zero attached hydrogens (tertiary/aromatic N) is 1. The van der Waals surface area contributed by atoms with Crippen LogP contribution in [0.25, 0.3) is 10.9 Å². The first kappa shape index (κ1) is 27.5. The Kier molecular flexibility index (Phi) is 7.73. The number of hydrogen-bond donors (Lipinski definition) is 0. The van der Waals surface area contributed by atoms with Gasteiger partial charge in [0.15, 0.2) is 5.78 Å². The molecule has 0 aliphatic heterocycles. The summed E-state index contributed by atoms with van der Waals surface area (Å²) >= 11 is 6.17. The Hall–Kier alpha value is -3.08. The summed E-state index contributed by atoms with van der Waals surface area (Å²) in [6, 6.07) is 4.94. The molecule has 3 aromatic rings. The van der Waals surface area contributed by atoms with Crippen molar-refractivity contribution in [3.8, 4) is 0 Å². The number of carbonyl (C=O) groups is 2. The van der Waals surface area contributed by atoms with Crippen LogP contribution in [0.15, 0.2) is 36.4 Å². The van der Waals surface area contributed by atoms with Gasteiger partial charge in [0, 0.05) is 18.4 Å². The van der Waals surface area contributed by atoms with E-state index in [9.17, 15) is 40.3 Å². The Morgan fingerprint density at radius 3 is 2.25 bits per heavy atom. The minimum Gasteiger partial charge on any atom is -0.462 e. The maximum absolute atomic E-state index is 13.9. The highest BCUT2D eigenvalue weighted by Crippen LogP contribution is 2.41. The molecule has 4 nitrogen and oxygen atoms in total. The number of rotatable bonds is 7. The summed E-state index contributed by atoms with van der Waals surface area (Å²) in [5.41, 5.74) is -2.54. The van der Waals surface area contributed by atoms with Crippen molar-refractivity contribution in [2.45, 2.75) is 45.1 Å². The largest absolute Gasteiger partial charge is 0.462 e. The molecule has 0 fully saturated rings. The van der Waals surface area contributed by atoms with Crippen LogP contribution in [0.5, 0.6) is 0 Å². The normalized spacial score (nSPS) is 13.2. The molecule has 2 aromatic carbocycles. The number of fused-ring (bicyclic) bond motifs is 1. The Balaban J connectivity index is 2.06. The van der Waals surface area contributed by atoms with Gasteiger partial charge in [-0.15, -0.1) is 0 Å². The van der Waals surface area contributed by atoms with Crippen LogP contribution >= 0.6 is 11.6 Å². The number of aryl methyl sites for hydroxylation is 1. The molecule has 1 unspecified atom stereocenters. The number of alkyl halides is 6. The summed E-state index contributed by atoms with van der Waals surface area (Å²) in [6.45, 7) is 3.43. The summed E-state index contributed by atoms with van der Waals surface area (Å²) in [5, 5.41) is 0.337. The zero-order valence-corrected chi connectivity index (χ0v) is 19.6. The SMILES string of the molecule is CCOC(=O)c1cc2cc(C(=O)CC(c3ccc(F)c(C(F)(F)F)c3)C(F)(F)F)n(CC)c2cc1Cl. The number of esters is 1. The van der Waals surface area contributed by atoms with Crippen LogP contribution in [0.3, 0.4) is 0 Å². The highest BCUT2D eigenvalue weighted by molar-refractivity contribution is 6.34. The molecule has 36 heavy (non-hydrogen) atoms. The van der Waals surface area contributed by atoms with E-state index in [-0.39, 0.29) is 35.5 Å². The van der Waals surface area contributed by atoms with Gasteiger partial charge in [-0.1, -0.05) is 17.7 Å². The number of benzene rings is 2. The summed E-state index contributed by atoms with van der Waals surface area (Å²) < 4.78 is 101. The van der Waals surface area contributed by atoms with Crippen LogP contribution in [-0.4, -0.2) is 29.1 Å². The first-order valence-electron chi connectivity index (χ1n) is 10.6. The maximum atomic E-state index is 13.9. The average Bonchev–Trinajstić information content (AvgIpc) is 3.13. The van der Waals surface area contributed by atoms with E-state index in [2.05, 4.69) is 0 Å². The summed E-state index contributed by atoms with van der Waals surface area (Å²) in [6.07, 6.45) is -11.5. The number of aromatic nitrogens is 1. The van der Waals surface area contributed by atoms with Crippen molar-refractivity contribution in [3.63, 3.8) is 0 Å². The van der Waals surface area contributed by atoms with Gasteiger partial charge in [0.2, 0.25) is 0 Å². The van der Waals surface area contributed by atoms with E-state index in [1.165, 1.54) is 22.8 Å². The molecule has 194 valence electrons. The Morgan fingerprint density at radius 2 is 1.69 bits per heavy atom. The number of Topliss-reactive ketones (excluding diaryl/α,β-unsaturated/α-hetero) is 1. The van der Waals surface area contributed by atoms with Crippen molar-refractivity contribution in [1.82, 2.24) is 4.57 Å². The third-order valence-corrected chi connectivity index (χ3v) is 5.88. The lowest BCUT2D eigenvalue weighted by atomic mass is 9.90. The lowest BCUT2D eigenvalue weighted by Crippen LogP contribution is -2.25. The minimum atomic E-state index is -5.22. The van der Waals surface area contributed by atoms with E-state index >= 15 is 0 Å². The molecular formula is C24H19ClF7NO3. The van der Waals surface area contributed by atoms with E-state index in [4.69, 9.17) is 16.3 Å². The second-order valence-corrected chi connectivity index (χ2v) is 8.25. The van der Waals surface area contributed by atoms with Crippen molar-refractivity contribution in [2.75, 3.05) is 6.61 Å². The number of ketones is 1. The van der Waals surface area contributed by atoms with Gasteiger partial charge >= 0.3 is 18.3 Å². The van der Waals surface area contributed by atoms with Gasteiger partial charge in [-0.2, -0.15) is 26.3 Å². The standard InChI is InChI=1S/C24H19ClF7NO3/c1-3-33-19-11-17(25)14(22(35)36-4-2)7-13(19)9-20(33)21(34)10-15(23(27,28)29)12-5-6-18(26)16(8-12)24(30,31)32/h5-9,11,15H,3-4,10H2,1-2H3. The fraction of sp³-hybridized carbons (Fsp3) is 0.333. The molecule has 0 aliphatic carbocycles. The molecule has 0 N–H and O–H groups in total. The molecule has 1 atom stereocenters. The number of halogens is 8. The molecule has 0 aliphatic rings. The summed E-state index contributed by atoms with van der Waals surface area (Å²) in [4.78, 5) is 25.2. The molecule has 0 radical (unpaired) electrons. The molecular weight excluding hydrogens is 519 g/mol. The smallest absolute Gasteiger partial charge is 0.419 e. The number of ether oxygens (including phenoxy) is 1. The maximum Gasteiger partial charge on any atom is 0.419 e. The molecule has 1 heterocycles. The van der Waals surface area contributed by atoms with Crippen LogP contribution in [0, 0.1) is 5.82 Å². The first-order chi connectivity index (χ1) is 16.7. The Bertz CT molecular complexity index is 1310. The highest BCUT2D eigenvalue weighted by Gasteiger charge is 2.44. The van der Waals surface area contributed by atoms with E-state index in [1.54, 1.807) is 13.8 Å². The third-order valence-electron chi connectivity index (χ3n) is 5.57. The van der Waals surface area contributed by atoms with Gasteiger partial charge in [-0.3, -0.25) is 4.79 Å². The van der Waals surface area contributed by atoms with E-state index in [0.717, 1.165) is 0 Å². The number of carbonyl (C=O) groups excluding carboxylic acids is 2. The predicted molar refractivity (Wildman–Crippen MR) is 118 cm³/mol. The molecule has 12 heteroatoms. The van der Waals surface area contributed by atoms with Gasteiger partial charge in [0.25, 0.3) is 0 Å². The zero-order chi connectivity index (χ0) is 27.0. The molecule has 0 amide bonds. The van der Waals surface area contributed by atoms with E-state index < -0.39 is 53.4 Å². The van der Waals surface area contributed by atoms with Gasteiger partial charge in [0.05, 0.1) is 39.9 Å². The molecule has 0 saturated heterocycles. The molecule has 1 aromatic heterocycles. The summed E-state index contributed by atoms with van der Waals surface area (Å²) in [5.74, 6) is -6.08. The average molecular weight is 538 g/mol. The van der Waals surface area contributed by atoms with Gasteiger partial charge in [-0.05, 0) is 49.7 Å².